The highest BCUT2D eigenvalue weighted by Gasteiger charge is 2.26. The third-order valence-electron chi connectivity index (χ3n) is 2.35. The fourth-order valence-electron chi connectivity index (χ4n) is 1.84. The zero-order valence-corrected chi connectivity index (χ0v) is 8.43. The Morgan fingerprint density at radius 3 is 2.25 bits per heavy atom. The first-order valence-electron chi connectivity index (χ1n) is 4.95. The van der Waals surface area contributed by atoms with Gasteiger partial charge >= 0.3 is 0 Å². The molecule has 2 nitrogen and oxygen atoms in total. The van der Waals surface area contributed by atoms with Gasteiger partial charge in [-0.25, -0.2) is 0 Å². The van der Waals surface area contributed by atoms with Gasteiger partial charge in [-0.3, -0.25) is 0 Å². The lowest BCUT2D eigenvalue weighted by molar-refractivity contribution is 0.0781. The summed E-state index contributed by atoms with van der Waals surface area (Å²) in [6.45, 7) is 6.44. The van der Waals surface area contributed by atoms with E-state index in [1.54, 1.807) is 0 Å². The molecule has 1 aliphatic rings. The minimum absolute atomic E-state index is 0.127. The standard InChI is InChI=1S/C10H21NO/c1-10(2,3)11-8-6-4-5-7-9(8)12/h8-9,11-12H,4-7H2,1-3H3/t8-,9?/m1/s1. The van der Waals surface area contributed by atoms with Gasteiger partial charge in [-0.1, -0.05) is 12.8 Å². The zero-order valence-electron chi connectivity index (χ0n) is 8.43. The first kappa shape index (κ1) is 10.0. The summed E-state index contributed by atoms with van der Waals surface area (Å²) in [5, 5.41) is 13.1. The van der Waals surface area contributed by atoms with Gasteiger partial charge in [-0.05, 0) is 33.6 Å². The van der Waals surface area contributed by atoms with Crippen LogP contribution in [0, 0.1) is 0 Å². The van der Waals surface area contributed by atoms with Crippen molar-refractivity contribution in [1.82, 2.24) is 5.32 Å². The van der Waals surface area contributed by atoms with E-state index < -0.39 is 0 Å². The quantitative estimate of drug-likeness (QED) is 0.629. The molecule has 0 spiro atoms. The van der Waals surface area contributed by atoms with Crippen molar-refractivity contribution < 1.29 is 5.11 Å². The third-order valence-corrected chi connectivity index (χ3v) is 2.35. The summed E-state index contributed by atoms with van der Waals surface area (Å²) in [6, 6.07) is 0.318. The first-order chi connectivity index (χ1) is 5.49. The van der Waals surface area contributed by atoms with Crippen LogP contribution >= 0.6 is 0 Å². The van der Waals surface area contributed by atoms with Crippen LogP contribution in [-0.4, -0.2) is 22.8 Å². The molecule has 2 N–H and O–H groups in total. The topological polar surface area (TPSA) is 32.3 Å². The molecule has 0 radical (unpaired) electrons. The molecule has 2 atom stereocenters. The Balaban J connectivity index is 2.39. The maximum Gasteiger partial charge on any atom is 0.0693 e. The smallest absolute Gasteiger partial charge is 0.0693 e. The summed E-state index contributed by atoms with van der Waals surface area (Å²) >= 11 is 0. The van der Waals surface area contributed by atoms with Crippen molar-refractivity contribution in [3.63, 3.8) is 0 Å². The monoisotopic (exact) mass is 171 g/mol. The molecule has 0 aliphatic heterocycles. The van der Waals surface area contributed by atoms with Gasteiger partial charge in [-0.15, -0.1) is 0 Å². The third kappa shape index (κ3) is 3.11. The van der Waals surface area contributed by atoms with E-state index in [1.807, 2.05) is 0 Å². The van der Waals surface area contributed by atoms with E-state index >= 15 is 0 Å². The SMILES string of the molecule is CC(C)(C)N[C@@H]1CCCCC1O. The molecule has 0 bridgehead atoms. The van der Waals surface area contributed by atoms with Crippen molar-refractivity contribution in [2.75, 3.05) is 0 Å². The molecule has 12 heavy (non-hydrogen) atoms. The predicted octanol–water partition coefficient (Wildman–Crippen LogP) is 1.68. The minimum Gasteiger partial charge on any atom is -0.392 e. The molecule has 1 unspecified atom stereocenters. The van der Waals surface area contributed by atoms with Crippen molar-refractivity contribution in [2.45, 2.75) is 64.1 Å². The van der Waals surface area contributed by atoms with Gasteiger partial charge in [0.05, 0.1) is 6.10 Å². The summed E-state index contributed by atoms with van der Waals surface area (Å²) in [5.74, 6) is 0. The highest BCUT2D eigenvalue weighted by molar-refractivity contribution is 4.85. The van der Waals surface area contributed by atoms with E-state index in [4.69, 9.17) is 0 Å². The number of rotatable bonds is 1. The molecule has 0 aromatic heterocycles. The minimum atomic E-state index is -0.127. The first-order valence-corrected chi connectivity index (χ1v) is 4.95. The molecular formula is C10H21NO. The number of aliphatic hydroxyl groups excluding tert-OH is 1. The maximum atomic E-state index is 9.67. The van der Waals surface area contributed by atoms with Gasteiger partial charge in [0, 0.05) is 11.6 Å². The average Bonchev–Trinajstić information content (AvgIpc) is 1.91. The van der Waals surface area contributed by atoms with Gasteiger partial charge < -0.3 is 10.4 Å². The fourth-order valence-corrected chi connectivity index (χ4v) is 1.84. The Morgan fingerprint density at radius 1 is 1.17 bits per heavy atom. The van der Waals surface area contributed by atoms with Crippen molar-refractivity contribution in [1.29, 1.82) is 0 Å². The summed E-state index contributed by atoms with van der Waals surface area (Å²) in [5.41, 5.74) is 0.128. The van der Waals surface area contributed by atoms with Crippen molar-refractivity contribution in [2.24, 2.45) is 0 Å². The molecule has 72 valence electrons. The molecule has 0 saturated heterocycles. The van der Waals surface area contributed by atoms with Crippen LogP contribution in [0.5, 0.6) is 0 Å². The average molecular weight is 171 g/mol. The number of hydrogen-bond acceptors (Lipinski definition) is 2. The molecular weight excluding hydrogens is 150 g/mol. The van der Waals surface area contributed by atoms with Crippen molar-refractivity contribution in [3.8, 4) is 0 Å². The second-order valence-electron chi connectivity index (χ2n) is 4.85. The van der Waals surface area contributed by atoms with E-state index in [0.717, 1.165) is 12.8 Å². The van der Waals surface area contributed by atoms with Gasteiger partial charge in [-0.2, -0.15) is 0 Å². The lowest BCUT2D eigenvalue weighted by atomic mass is 9.91. The van der Waals surface area contributed by atoms with Crippen molar-refractivity contribution in [3.05, 3.63) is 0 Å². The summed E-state index contributed by atoms with van der Waals surface area (Å²) < 4.78 is 0. The summed E-state index contributed by atoms with van der Waals surface area (Å²) in [4.78, 5) is 0. The molecule has 1 rings (SSSR count). The fraction of sp³-hybridized carbons (Fsp3) is 1.00. The second-order valence-corrected chi connectivity index (χ2v) is 4.85. The molecule has 1 saturated carbocycles. The van der Waals surface area contributed by atoms with E-state index in [9.17, 15) is 5.11 Å². The highest BCUT2D eigenvalue weighted by atomic mass is 16.3. The number of hydrogen-bond donors (Lipinski definition) is 2. The van der Waals surface area contributed by atoms with Crippen LogP contribution in [0.15, 0.2) is 0 Å². The largest absolute Gasteiger partial charge is 0.392 e. The molecule has 1 fully saturated rings. The molecule has 2 heteroatoms. The molecule has 0 heterocycles. The van der Waals surface area contributed by atoms with Gasteiger partial charge in [0.25, 0.3) is 0 Å². The van der Waals surface area contributed by atoms with Crippen LogP contribution in [0.25, 0.3) is 0 Å². The lowest BCUT2D eigenvalue weighted by Gasteiger charge is -2.34. The van der Waals surface area contributed by atoms with E-state index in [1.165, 1.54) is 12.8 Å². The Hall–Kier alpha value is -0.0800. The molecule has 0 amide bonds. The van der Waals surface area contributed by atoms with Crippen LogP contribution in [0.3, 0.4) is 0 Å². The normalized spacial score (nSPS) is 32.0. The van der Waals surface area contributed by atoms with Gasteiger partial charge in [0.15, 0.2) is 0 Å². The highest BCUT2D eigenvalue weighted by Crippen LogP contribution is 2.20. The van der Waals surface area contributed by atoms with E-state index in [2.05, 4.69) is 26.1 Å². The van der Waals surface area contributed by atoms with Gasteiger partial charge in [0.1, 0.15) is 0 Å². The summed E-state index contributed by atoms with van der Waals surface area (Å²) in [6.07, 6.45) is 4.40. The van der Waals surface area contributed by atoms with E-state index in [-0.39, 0.29) is 11.6 Å². The summed E-state index contributed by atoms with van der Waals surface area (Å²) in [7, 11) is 0. The van der Waals surface area contributed by atoms with Crippen LogP contribution in [-0.2, 0) is 0 Å². The predicted molar refractivity (Wildman–Crippen MR) is 51.2 cm³/mol. The van der Waals surface area contributed by atoms with Crippen LogP contribution < -0.4 is 5.32 Å². The van der Waals surface area contributed by atoms with E-state index in [0.29, 0.717) is 6.04 Å². The Kier molecular flexibility index (Phi) is 3.13. The van der Waals surface area contributed by atoms with Crippen LogP contribution in [0.1, 0.15) is 46.5 Å². The van der Waals surface area contributed by atoms with Crippen molar-refractivity contribution >= 4 is 0 Å². The Labute approximate surface area is 75.4 Å². The van der Waals surface area contributed by atoms with Crippen LogP contribution in [0.2, 0.25) is 0 Å². The maximum absolute atomic E-state index is 9.67. The lowest BCUT2D eigenvalue weighted by Crippen LogP contribution is -2.50. The Bertz CT molecular complexity index is 139. The number of aliphatic hydroxyl groups is 1. The molecule has 1 aliphatic carbocycles. The zero-order chi connectivity index (χ0) is 9.19. The Morgan fingerprint density at radius 2 is 1.75 bits per heavy atom. The molecule has 0 aromatic rings. The number of nitrogens with one attached hydrogen (secondary N) is 1. The second kappa shape index (κ2) is 3.75. The van der Waals surface area contributed by atoms with Crippen LogP contribution in [0.4, 0.5) is 0 Å². The van der Waals surface area contributed by atoms with Gasteiger partial charge in [0.2, 0.25) is 0 Å². The molecule has 0 aromatic carbocycles.